The molecule has 0 spiro atoms. The molecule has 0 aromatic heterocycles. The monoisotopic (exact) mass is 278 g/mol. The average molecular weight is 279 g/mol. The predicted molar refractivity (Wildman–Crippen MR) is 67.7 cm³/mol. The molecule has 0 saturated carbocycles. The van der Waals surface area contributed by atoms with E-state index >= 15 is 0 Å². The van der Waals surface area contributed by atoms with Crippen LogP contribution in [-0.2, 0) is 4.74 Å². The molecule has 0 amide bonds. The summed E-state index contributed by atoms with van der Waals surface area (Å²) in [6.45, 7) is 10.7. The standard InChI is InChI=1S/C11H23BrN2O/c1-10(2)11(9-12)13-3-4-14-5-7-15-8-6-14/h10-11,13H,3-9H2,1-2H3. The Bertz CT molecular complexity index is 161. The SMILES string of the molecule is CC(C)C(CBr)NCCN1CCOCC1. The molecule has 0 bridgehead atoms. The zero-order valence-corrected chi connectivity index (χ0v) is 11.4. The van der Waals surface area contributed by atoms with E-state index in [4.69, 9.17) is 4.74 Å². The molecule has 90 valence electrons. The van der Waals surface area contributed by atoms with Gasteiger partial charge in [-0.15, -0.1) is 0 Å². The third-order valence-corrected chi connectivity index (χ3v) is 3.61. The Morgan fingerprint density at radius 1 is 1.33 bits per heavy atom. The highest BCUT2D eigenvalue weighted by atomic mass is 79.9. The number of ether oxygens (including phenoxy) is 1. The zero-order valence-electron chi connectivity index (χ0n) is 9.84. The van der Waals surface area contributed by atoms with Gasteiger partial charge in [-0.2, -0.15) is 0 Å². The predicted octanol–water partition coefficient (Wildman–Crippen LogP) is 1.33. The zero-order chi connectivity index (χ0) is 11.1. The van der Waals surface area contributed by atoms with Crippen molar-refractivity contribution in [1.82, 2.24) is 10.2 Å². The second-order valence-corrected chi connectivity index (χ2v) is 5.06. The van der Waals surface area contributed by atoms with Crippen molar-refractivity contribution >= 4 is 15.9 Å². The summed E-state index contributed by atoms with van der Waals surface area (Å²) in [4.78, 5) is 2.46. The van der Waals surface area contributed by atoms with Crippen LogP contribution in [0.4, 0.5) is 0 Å². The molecule has 1 aliphatic rings. The number of nitrogens with one attached hydrogen (secondary N) is 1. The number of hydrogen-bond donors (Lipinski definition) is 1. The largest absolute Gasteiger partial charge is 0.379 e. The molecule has 1 N–H and O–H groups in total. The first-order valence-electron chi connectivity index (χ1n) is 5.83. The summed E-state index contributed by atoms with van der Waals surface area (Å²) in [5.41, 5.74) is 0. The van der Waals surface area contributed by atoms with Crippen LogP contribution in [0.15, 0.2) is 0 Å². The molecule has 1 atom stereocenters. The van der Waals surface area contributed by atoms with Crippen molar-refractivity contribution in [3.05, 3.63) is 0 Å². The molecular formula is C11H23BrN2O. The van der Waals surface area contributed by atoms with Crippen LogP contribution in [0.25, 0.3) is 0 Å². The lowest BCUT2D eigenvalue weighted by Crippen LogP contribution is -2.44. The summed E-state index contributed by atoms with van der Waals surface area (Å²) in [6.07, 6.45) is 0. The molecule has 1 rings (SSSR count). The Morgan fingerprint density at radius 2 is 2.00 bits per heavy atom. The molecule has 15 heavy (non-hydrogen) atoms. The third kappa shape index (κ3) is 5.29. The van der Waals surface area contributed by atoms with E-state index in [0.717, 1.165) is 44.7 Å². The lowest BCUT2D eigenvalue weighted by molar-refractivity contribution is 0.0380. The summed E-state index contributed by atoms with van der Waals surface area (Å²) in [7, 11) is 0. The van der Waals surface area contributed by atoms with Gasteiger partial charge in [-0.05, 0) is 5.92 Å². The van der Waals surface area contributed by atoms with E-state index in [9.17, 15) is 0 Å². The van der Waals surface area contributed by atoms with E-state index in [-0.39, 0.29) is 0 Å². The van der Waals surface area contributed by atoms with Crippen molar-refractivity contribution in [2.75, 3.05) is 44.7 Å². The van der Waals surface area contributed by atoms with Crippen LogP contribution in [-0.4, -0.2) is 55.7 Å². The van der Waals surface area contributed by atoms with Crippen molar-refractivity contribution < 1.29 is 4.74 Å². The molecule has 0 radical (unpaired) electrons. The van der Waals surface area contributed by atoms with Gasteiger partial charge in [0.15, 0.2) is 0 Å². The van der Waals surface area contributed by atoms with Gasteiger partial charge in [-0.3, -0.25) is 4.90 Å². The molecule has 3 nitrogen and oxygen atoms in total. The van der Waals surface area contributed by atoms with E-state index < -0.39 is 0 Å². The van der Waals surface area contributed by atoms with Gasteiger partial charge in [0.1, 0.15) is 0 Å². The van der Waals surface area contributed by atoms with Gasteiger partial charge in [0.25, 0.3) is 0 Å². The van der Waals surface area contributed by atoms with E-state index in [0.29, 0.717) is 12.0 Å². The van der Waals surface area contributed by atoms with Crippen molar-refractivity contribution in [3.8, 4) is 0 Å². The van der Waals surface area contributed by atoms with Gasteiger partial charge in [-0.1, -0.05) is 29.8 Å². The van der Waals surface area contributed by atoms with Gasteiger partial charge in [0.05, 0.1) is 13.2 Å². The van der Waals surface area contributed by atoms with Crippen LogP contribution >= 0.6 is 15.9 Å². The van der Waals surface area contributed by atoms with E-state index in [1.807, 2.05) is 0 Å². The van der Waals surface area contributed by atoms with Gasteiger partial charge in [0.2, 0.25) is 0 Å². The Balaban J connectivity index is 2.08. The van der Waals surface area contributed by atoms with Crippen LogP contribution in [0.2, 0.25) is 0 Å². The minimum Gasteiger partial charge on any atom is -0.379 e. The minimum absolute atomic E-state index is 0.589. The fourth-order valence-corrected chi connectivity index (χ4v) is 2.68. The Labute approximate surface area is 102 Å². The molecule has 4 heteroatoms. The topological polar surface area (TPSA) is 24.5 Å². The molecule has 0 aliphatic carbocycles. The molecule has 1 fully saturated rings. The normalized spacial score (nSPS) is 20.8. The number of morpholine rings is 1. The van der Waals surface area contributed by atoms with E-state index in [1.165, 1.54) is 0 Å². The summed E-state index contributed by atoms with van der Waals surface area (Å²) >= 11 is 3.55. The maximum absolute atomic E-state index is 5.32. The van der Waals surface area contributed by atoms with Crippen LogP contribution in [0, 0.1) is 5.92 Å². The molecular weight excluding hydrogens is 256 g/mol. The molecule has 1 aliphatic heterocycles. The van der Waals surface area contributed by atoms with Crippen LogP contribution in [0.3, 0.4) is 0 Å². The molecule has 0 aromatic carbocycles. The maximum Gasteiger partial charge on any atom is 0.0594 e. The lowest BCUT2D eigenvalue weighted by atomic mass is 10.1. The van der Waals surface area contributed by atoms with Crippen LogP contribution < -0.4 is 5.32 Å². The summed E-state index contributed by atoms with van der Waals surface area (Å²) in [5, 5.41) is 4.62. The number of halogens is 1. The van der Waals surface area contributed by atoms with E-state index in [1.54, 1.807) is 0 Å². The third-order valence-electron chi connectivity index (χ3n) is 2.91. The van der Waals surface area contributed by atoms with Gasteiger partial charge >= 0.3 is 0 Å². The quantitative estimate of drug-likeness (QED) is 0.742. The lowest BCUT2D eigenvalue weighted by Gasteiger charge is -2.28. The van der Waals surface area contributed by atoms with Crippen molar-refractivity contribution in [1.29, 1.82) is 0 Å². The first-order chi connectivity index (χ1) is 7.24. The summed E-state index contributed by atoms with van der Waals surface area (Å²) < 4.78 is 5.32. The molecule has 1 heterocycles. The molecule has 1 saturated heterocycles. The highest BCUT2D eigenvalue weighted by Crippen LogP contribution is 2.04. The molecule has 0 aromatic rings. The van der Waals surface area contributed by atoms with Gasteiger partial charge in [-0.25, -0.2) is 0 Å². The summed E-state index contributed by atoms with van der Waals surface area (Å²) in [6, 6.07) is 0.589. The van der Waals surface area contributed by atoms with Gasteiger partial charge < -0.3 is 10.1 Å². The van der Waals surface area contributed by atoms with Crippen LogP contribution in [0.5, 0.6) is 0 Å². The van der Waals surface area contributed by atoms with Crippen molar-refractivity contribution in [3.63, 3.8) is 0 Å². The summed E-state index contributed by atoms with van der Waals surface area (Å²) in [5.74, 6) is 0.689. The van der Waals surface area contributed by atoms with Crippen LogP contribution in [0.1, 0.15) is 13.8 Å². The second kappa shape index (κ2) is 7.60. The van der Waals surface area contributed by atoms with Crippen molar-refractivity contribution in [2.24, 2.45) is 5.92 Å². The number of alkyl halides is 1. The number of hydrogen-bond acceptors (Lipinski definition) is 3. The van der Waals surface area contributed by atoms with E-state index in [2.05, 4.69) is 40.0 Å². The second-order valence-electron chi connectivity index (χ2n) is 4.41. The number of nitrogens with zero attached hydrogens (tertiary/aromatic N) is 1. The smallest absolute Gasteiger partial charge is 0.0594 e. The van der Waals surface area contributed by atoms with Crippen molar-refractivity contribution in [2.45, 2.75) is 19.9 Å². The Hall–Kier alpha value is 0.360. The minimum atomic E-state index is 0.589. The fourth-order valence-electron chi connectivity index (χ4n) is 1.70. The average Bonchev–Trinajstić information content (AvgIpc) is 2.25. The van der Waals surface area contributed by atoms with Gasteiger partial charge in [0, 0.05) is 37.6 Å². The molecule has 1 unspecified atom stereocenters. The number of rotatable bonds is 6. The highest BCUT2D eigenvalue weighted by molar-refractivity contribution is 9.09. The highest BCUT2D eigenvalue weighted by Gasteiger charge is 2.13. The fraction of sp³-hybridized carbons (Fsp3) is 1.00. The first-order valence-corrected chi connectivity index (χ1v) is 6.95. The maximum atomic E-state index is 5.32. The first kappa shape index (κ1) is 13.4. The Morgan fingerprint density at radius 3 is 2.53 bits per heavy atom. The Kier molecular flexibility index (Phi) is 6.81.